The van der Waals surface area contributed by atoms with Crippen molar-refractivity contribution in [3.63, 3.8) is 0 Å². The number of benzene rings is 2. The maximum Gasteiger partial charge on any atom is 0.269 e. The predicted octanol–water partition coefficient (Wildman–Crippen LogP) is 2.97. The summed E-state index contributed by atoms with van der Waals surface area (Å²) < 4.78 is 59.5. The summed E-state index contributed by atoms with van der Waals surface area (Å²) in [4.78, 5) is 24.6. The first kappa shape index (κ1) is 27.0. The Labute approximate surface area is 221 Å². The van der Waals surface area contributed by atoms with Crippen molar-refractivity contribution in [3.8, 4) is 10.8 Å². The molecule has 0 fully saturated rings. The summed E-state index contributed by atoms with van der Waals surface area (Å²) in [5.74, 6) is -1.31. The number of nitrogens with zero attached hydrogens (tertiary/aromatic N) is 1. The van der Waals surface area contributed by atoms with Crippen LogP contribution in [0.2, 0.25) is 5.02 Å². The molecule has 0 aliphatic carbocycles. The molecule has 2 amide bonds. The molecule has 1 aliphatic rings. The van der Waals surface area contributed by atoms with Gasteiger partial charge in [-0.05, 0) is 61.4 Å². The number of nitrogens with one attached hydrogen (secondary N) is 2. The van der Waals surface area contributed by atoms with Gasteiger partial charge in [-0.3, -0.25) is 14.8 Å². The molecular formula is C22H20ClN3O8S3. The Kier molecular flexibility index (Phi) is 7.87. The zero-order valence-corrected chi connectivity index (χ0v) is 22.0. The molecule has 0 unspecified atom stereocenters. The smallest absolute Gasteiger partial charge is 0.269 e. The minimum atomic E-state index is -4.22. The van der Waals surface area contributed by atoms with Crippen LogP contribution in [0.25, 0.3) is 0 Å². The van der Waals surface area contributed by atoms with E-state index in [1.165, 1.54) is 35.8 Å². The fraction of sp³-hybridized carbons (Fsp3) is 0.182. The summed E-state index contributed by atoms with van der Waals surface area (Å²) in [7, 11) is -8.27. The molecule has 2 aromatic carbocycles. The van der Waals surface area contributed by atoms with Crippen LogP contribution in [0.15, 0.2) is 69.8 Å². The fourth-order valence-electron chi connectivity index (χ4n) is 3.58. The Morgan fingerprint density at radius 3 is 2.49 bits per heavy atom. The van der Waals surface area contributed by atoms with Crippen LogP contribution < -0.4 is 14.9 Å². The third-order valence-corrected chi connectivity index (χ3v) is 10.4. The summed E-state index contributed by atoms with van der Waals surface area (Å²) in [5.41, 5.74) is 1.45. The van der Waals surface area contributed by atoms with E-state index in [0.717, 1.165) is 11.3 Å². The number of rotatable bonds is 10. The van der Waals surface area contributed by atoms with E-state index in [4.69, 9.17) is 21.5 Å². The first-order chi connectivity index (χ1) is 17.5. The van der Waals surface area contributed by atoms with Gasteiger partial charge in [0, 0.05) is 11.6 Å². The molecule has 37 heavy (non-hydrogen) atoms. The molecule has 0 saturated carbocycles. The van der Waals surface area contributed by atoms with Crippen LogP contribution in [-0.4, -0.2) is 50.7 Å². The SMILES string of the molecule is O=C(NO)[C@@H](CCCN1C(=O)c2ccccc2S1(=O)=O)NS(=O)(=O)c1ccc(Oc2ccc(Cl)cc2)s1. The van der Waals surface area contributed by atoms with E-state index < -0.39 is 37.9 Å². The monoisotopic (exact) mass is 585 g/mol. The summed E-state index contributed by atoms with van der Waals surface area (Å²) in [6, 6.07) is 13.5. The van der Waals surface area contributed by atoms with Gasteiger partial charge in [-0.1, -0.05) is 35.1 Å². The molecule has 2 heterocycles. The molecule has 1 atom stereocenters. The van der Waals surface area contributed by atoms with E-state index in [-0.39, 0.29) is 39.1 Å². The molecular weight excluding hydrogens is 566 g/mol. The van der Waals surface area contributed by atoms with Crippen molar-refractivity contribution in [2.24, 2.45) is 0 Å². The molecule has 3 N–H and O–H groups in total. The highest BCUT2D eigenvalue weighted by Crippen LogP contribution is 2.33. The molecule has 196 valence electrons. The van der Waals surface area contributed by atoms with Crippen molar-refractivity contribution in [1.29, 1.82) is 0 Å². The van der Waals surface area contributed by atoms with Crippen molar-refractivity contribution in [2.45, 2.75) is 28.0 Å². The highest BCUT2D eigenvalue weighted by Gasteiger charge is 2.40. The van der Waals surface area contributed by atoms with Crippen LogP contribution in [0.4, 0.5) is 0 Å². The molecule has 0 radical (unpaired) electrons. The molecule has 1 aliphatic heterocycles. The molecule has 0 spiro atoms. The van der Waals surface area contributed by atoms with Crippen LogP contribution in [0, 0.1) is 0 Å². The Hall–Kier alpha value is -3.01. The van der Waals surface area contributed by atoms with Gasteiger partial charge in [-0.15, -0.1) is 0 Å². The first-order valence-corrected chi connectivity index (χ1v) is 14.8. The van der Waals surface area contributed by atoms with Crippen molar-refractivity contribution < 1.29 is 36.4 Å². The third kappa shape index (κ3) is 5.79. The van der Waals surface area contributed by atoms with Gasteiger partial charge in [0.05, 0.1) is 5.56 Å². The predicted molar refractivity (Wildman–Crippen MR) is 134 cm³/mol. The lowest BCUT2D eigenvalue weighted by Gasteiger charge is -2.19. The fourth-order valence-corrected chi connectivity index (χ4v) is 7.71. The van der Waals surface area contributed by atoms with Crippen LogP contribution in [0.5, 0.6) is 10.8 Å². The summed E-state index contributed by atoms with van der Waals surface area (Å²) in [6.45, 7) is -0.287. The van der Waals surface area contributed by atoms with Gasteiger partial charge in [0.15, 0.2) is 5.06 Å². The third-order valence-electron chi connectivity index (χ3n) is 5.34. The minimum Gasteiger partial charge on any atom is -0.447 e. The minimum absolute atomic E-state index is 0.0437. The van der Waals surface area contributed by atoms with Gasteiger partial charge >= 0.3 is 0 Å². The number of hydroxylamine groups is 1. The summed E-state index contributed by atoms with van der Waals surface area (Å²) >= 11 is 6.65. The van der Waals surface area contributed by atoms with Gasteiger partial charge in [0.2, 0.25) is 0 Å². The molecule has 1 aromatic heterocycles. The standard InChI is InChI=1S/C22H20ClN3O8S3/c23-14-7-9-15(10-8-14)34-19-11-12-20(35-19)36(30,31)25-17(21(27)24-29)5-3-13-26-22(28)16-4-1-2-6-18(16)37(26,32)33/h1-2,4,6-12,17,25,29H,3,5,13H2,(H,24,27)/t17-/m1/s1. The molecule has 4 rings (SSSR count). The molecule has 3 aromatic rings. The Morgan fingerprint density at radius 1 is 1.11 bits per heavy atom. The highest BCUT2D eigenvalue weighted by molar-refractivity contribution is 7.91. The number of sulfonamides is 2. The molecule has 11 nitrogen and oxygen atoms in total. The normalized spacial score (nSPS) is 15.3. The second-order valence-corrected chi connectivity index (χ2v) is 13.1. The number of ether oxygens (including phenoxy) is 1. The summed E-state index contributed by atoms with van der Waals surface area (Å²) in [5, 5.41) is 9.87. The Morgan fingerprint density at radius 2 is 1.81 bits per heavy atom. The second-order valence-electron chi connectivity index (χ2n) is 7.80. The number of fused-ring (bicyclic) bond motifs is 1. The van der Waals surface area contributed by atoms with Crippen molar-refractivity contribution >= 4 is 54.8 Å². The van der Waals surface area contributed by atoms with Gasteiger partial charge in [0.1, 0.15) is 20.9 Å². The zero-order chi connectivity index (χ0) is 26.8. The number of hydrogen-bond donors (Lipinski definition) is 3. The number of carbonyl (C=O) groups excluding carboxylic acids is 2. The molecule has 15 heteroatoms. The van der Waals surface area contributed by atoms with Gasteiger partial charge < -0.3 is 4.74 Å². The highest BCUT2D eigenvalue weighted by atomic mass is 35.5. The summed E-state index contributed by atoms with van der Waals surface area (Å²) in [6.07, 6.45) is -0.268. The van der Waals surface area contributed by atoms with Gasteiger partial charge in [-0.2, -0.15) is 4.72 Å². The Bertz CT molecular complexity index is 1540. The van der Waals surface area contributed by atoms with E-state index in [0.29, 0.717) is 15.1 Å². The number of amides is 2. The number of carbonyl (C=O) groups is 2. The van der Waals surface area contributed by atoms with Crippen molar-refractivity contribution in [2.75, 3.05) is 6.54 Å². The maximum absolute atomic E-state index is 12.9. The number of thiophene rings is 1. The van der Waals surface area contributed by atoms with Crippen molar-refractivity contribution in [1.82, 2.24) is 14.5 Å². The van der Waals surface area contributed by atoms with Crippen LogP contribution >= 0.6 is 22.9 Å². The quantitative estimate of drug-likeness (QED) is 0.242. The largest absolute Gasteiger partial charge is 0.447 e. The van der Waals surface area contributed by atoms with Crippen LogP contribution in [-0.2, 0) is 24.8 Å². The van der Waals surface area contributed by atoms with E-state index in [9.17, 15) is 26.4 Å². The number of hydrogen-bond acceptors (Lipinski definition) is 9. The average molecular weight is 586 g/mol. The van der Waals surface area contributed by atoms with Gasteiger partial charge in [0.25, 0.3) is 31.9 Å². The second kappa shape index (κ2) is 10.8. The van der Waals surface area contributed by atoms with Gasteiger partial charge in [-0.25, -0.2) is 26.6 Å². The van der Waals surface area contributed by atoms with E-state index >= 15 is 0 Å². The topological polar surface area (TPSA) is 159 Å². The van der Waals surface area contributed by atoms with E-state index in [2.05, 4.69) is 4.72 Å². The van der Waals surface area contributed by atoms with E-state index in [1.807, 2.05) is 0 Å². The van der Waals surface area contributed by atoms with Crippen molar-refractivity contribution in [3.05, 3.63) is 71.2 Å². The first-order valence-electron chi connectivity index (χ1n) is 10.7. The number of halogens is 1. The average Bonchev–Trinajstić information content (AvgIpc) is 3.42. The van der Waals surface area contributed by atoms with Crippen LogP contribution in [0.1, 0.15) is 23.2 Å². The maximum atomic E-state index is 12.9. The molecule has 0 saturated heterocycles. The Balaban J connectivity index is 1.42. The lowest BCUT2D eigenvalue weighted by Crippen LogP contribution is -2.46. The molecule has 0 bridgehead atoms. The lowest BCUT2D eigenvalue weighted by molar-refractivity contribution is -0.131. The zero-order valence-electron chi connectivity index (χ0n) is 18.8. The van der Waals surface area contributed by atoms with E-state index in [1.54, 1.807) is 30.3 Å². The van der Waals surface area contributed by atoms with Crippen LogP contribution in [0.3, 0.4) is 0 Å². The lowest BCUT2D eigenvalue weighted by atomic mass is 10.1.